The van der Waals surface area contributed by atoms with Crippen LogP contribution >= 0.6 is 0 Å². The zero-order valence-electron chi connectivity index (χ0n) is 11.9. The van der Waals surface area contributed by atoms with Crippen molar-refractivity contribution in [3.05, 3.63) is 0 Å². The molecule has 0 heterocycles. The molecule has 0 radical (unpaired) electrons. The van der Waals surface area contributed by atoms with Gasteiger partial charge < -0.3 is 15.3 Å². The molecule has 0 aliphatic carbocycles. The number of carboxylic acid groups (broad SMARTS) is 1. The SMILES string of the molecule is CCC(C(=O)O)[C@H](N)CO[Si](C)(C)C(C)(C)C. The Morgan fingerprint density at radius 2 is 1.88 bits per heavy atom. The topological polar surface area (TPSA) is 72.5 Å². The number of hydrogen-bond donors (Lipinski definition) is 2. The van der Waals surface area contributed by atoms with Gasteiger partial charge in [-0.15, -0.1) is 0 Å². The summed E-state index contributed by atoms with van der Waals surface area (Å²) in [5.41, 5.74) is 5.90. The van der Waals surface area contributed by atoms with Crippen molar-refractivity contribution < 1.29 is 14.3 Å². The third kappa shape index (κ3) is 4.77. The molecule has 0 rings (SSSR count). The Bertz CT molecular complexity index is 261. The minimum Gasteiger partial charge on any atom is -0.481 e. The Hall–Kier alpha value is -0.393. The maximum Gasteiger partial charge on any atom is 0.308 e. The van der Waals surface area contributed by atoms with Crippen LogP contribution < -0.4 is 5.73 Å². The van der Waals surface area contributed by atoms with E-state index < -0.39 is 26.2 Å². The highest BCUT2D eigenvalue weighted by Crippen LogP contribution is 2.36. The van der Waals surface area contributed by atoms with Crippen molar-refractivity contribution in [2.24, 2.45) is 11.7 Å². The lowest BCUT2D eigenvalue weighted by Gasteiger charge is -2.37. The van der Waals surface area contributed by atoms with Crippen LogP contribution in [-0.4, -0.2) is 32.0 Å². The first-order chi connectivity index (χ1) is 7.53. The molecule has 0 spiro atoms. The Morgan fingerprint density at radius 3 is 2.18 bits per heavy atom. The second kappa shape index (κ2) is 5.98. The van der Waals surface area contributed by atoms with Crippen molar-refractivity contribution in [2.45, 2.75) is 58.3 Å². The van der Waals surface area contributed by atoms with Crippen molar-refractivity contribution in [2.75, 3.05) is 6.61 Å². The summed E-state index contributed by atoms with van der Waals surface area (Å²) < 4.78 is 5.94. The van der Waals surface area contributed by atoms with Crippen LogP contribution in [0.4, 0.5) is 0 Å². The maximum absolute atomic E-state index is 11.0. The molecule has 0 amide bonds. The molecule has 0 saturated heterocycles. The van der Waals surface area contributed by atoms with E-state index in [9.17, 15) is 4.79 Å². The number of carbonyl (C=O) groups is 1. The van der Waals surface area contributed by atoms with Crippen LogP contribution in [0, 0.1) is 5.92 Å². The average molecular weight is 261 g/mol. The average Bonchev–Trinajstić information content (AvgIpc) is 2.13. The van der Waals surface area contributed by atoms with Gasteiger partial charge in [-0.1, -0.05) is 27.7 Å². The molecule has 0 aromatic rings. The highest BCUT2D eigenvalue weighted by Gasteiger charge is 2.38. The third-order valence-corrected chi connectivity index (χ3v) is 8.22. The molecule has 0 aliphatic rings. The first kappa shape index (κ1) is 16.6. The van der Waals surface area contributed by atoms with Crippen molar-refractivity contribution in [1.29, 1.82) is 0 Å². The van der Waals surface area contributed by atoms with Crippen LogP contribution in [0.3, 0.4) is 0 Å². The smallest absolute Gasteiger partial charge is 0.308 e. The van der Waals surface area contributed by atoms with E-state index in [1.807, 2.05) is 6.92 Å². The summed E-state index contributed by atoms with van der Waals surface area (Å²) in [5, 5.41) is 9.13. The summed E-state index contributed by atoms with van der Waals surface area (Å²) in [4.78, 5) is 11.0. The fourth-order valence-electron chi connectivity index (χ4n) is 1.30. The van der Waals surface area contributed by atoms with Crippen LogP contribution in [0.2, 0.25) is 18.1 Å². The standard InChI is InChI=1S/C12H27NO3Si/c1-7-9(11(14)15)10(13)8-16-17(5,6)12(2,3)4/h9-10H,7-8,13H2,1-6H3,(H,14,15)/t9?,10-/m1/s1. The molecule has 17 heavy (non-hydrogen) atoms. The number of rotatable bonds is 6. The summed E-state index contributed by atoms with van der Waals surface area (Å²) in [6.45, 7) is 12.9. The highest BCUT2D eigenvalue weighted by atomic mass is 28.4. The predicted molar refractivity (Wildman–Crippen MR) is 72.5 cm³/mol. The molecule has 0 fully saturated rings. The van der Waals surface area contributed by atoms with Gasteiger partial charge in [-0.25, -0.2) is 0 Å². The van der Waals surface area contributed by atoms with E-state index in [0.717, 1.165) is 0 Å². The van der Waals surface area contributed by atoms with E-state index in [2.05, 4.69) is 33.9 Å². The normalized spacial score (nSPS) is 16.6. The summed E-state index contributed by atoms with van der Waals surface area (Å²) in [5.74, 6) is -1.35. The maximum atomic E-state index is 11.0. The molecule has 3 N–H and O–H groups in total. The van der Waals surface area contributed by atoms with E-state index in [1.165, 1.54) is 0 Å². The summed E-state index contributed by atoms with van der Waals surface area (Å²) in [7, 11) is -1.83. The third-order valence-electron chi connectivity index (χ3n) is 3.72. The monoisotopic (exact) mass is 261 g/mol. The van der Waals surface area contributed by atoms with Crippen molar-refractivity contribution in [3.8, 4) is 0 Å². The van der Waals surface area contributed by atoms with E-state index in [4.69, 9.17) is 15.3 Å². The molecule has 0 saturated carbocycles. The van der Waals surface area contributed by atoms with Crippen LogP contribution in [0.1, 0.15) is 34.1 Å². The fourth-order valence-corrected chi connectivity index (χ4v) is 2.34. The van der Waals surface area contributed by atoms with Crippen molar-refractivity contribution >= 4 is 14.3 Å². The Labute approximate surface area is 106 Å². The fraction of sp³-hybridized carbons (Fsp3) is 0.917. The first-order valence-electron chi connectivity index (χ1n) is 6.15. The molecule has 0 aliphatic heterocycles. The highest BCUT2D eigenvalue weighted by molar-refractivity contribution is 6.74. The van der Waals surface area contributed by atoms with Gasteiger partial charge in [0.25, 0.3) is 0 Å². The Morgan fingerprint density at radius 1 is 1.41 bits per heavy atom. The lowest BCUT2D eigenvalue weighted by molar-refractivity contribution is -0.142. The van der Waals surface area contributed by atoms with E-state index >= 15 is 0 Å². The van der Waals surface area contributed by atoms with Crippen LogP contribution in [-0.2, 0) is 9.22 Å². The predicted octanol–water partition coefficient (Wildman–Crippen LogP) is 2.45. The lowest BCUT2D eigenvalue weighted by atomic mass is 9.99. The number of hydrogen-bond acceptors (Lipinski definition) is 3. The van der Waals surface area contributed by atoms with Gasteiger partial charge in [0, 0.05) is 12.6 Å². The molecular formula is C12H27NO3Si. The summed E-state index contributed by atoms with van der Waals surface area (Å²) >= 11 is 0. The molecule has 5 heteroatoms. The molecule has 102 valence electrons. The number of aliphatic carboxylic acids is 1. The summed E-state index contributed by atoms with van der Waals surface area (Å²) in [6.07, 6.45) is 0.539. The van der Waals surface area contributed by atoms with Crippen molar-refractivity contribution in [1.82, 2.24) is 0 Å². The Kier molecular flexibility index (Phi) is 5.84. The molecule has 1 unspecified atom stereocenters. The van der Waals surface area contributed by atoms with Crippen LogP contribution in [0.15, 0.2) is 0 Å². The zero-order chi connectivity index (χ0) is 13.9. The lowest BCUT2D eigenvalue weighted by Crippen LogP contribution is -2.46. The summed E-state index contributed by atoms with van der Waals surface area (Å²) in [6, 6.07) is -0.424. The minimum atomic E-state index is -1.83. The number of nitrogens with two attached hydrogens (primary N) is 1. The molecule has 4 nitrogen and oxygen atoms in total. The molecule has 2 atom stereocenters. The van der Waals surface area contributed by atoms with Crippen LogP contribution in [0.25, 0.3) is 0 Å². The second-order valence-electron chi connectivity index (χ2n) is 6.09. The molecule has 0 aromatic heterocycles. The quantitative estimate of drug-likeness (QED) is 0.720. The van der Waals surface area contributed by atoms with E-state index in [-0.39, 0.29) is 5.04 Å². The van der Waals surface area contributed by atoms with E-state index in [1.54, 1.807) is 0 Å². The van der Waals surface area contributed by atoms with Gasteiger partial charge >= 0.3 is 5.97 Å². The zero-order valence-corrected chi connectivity index (χ0v) is 12.9. The van der Waals surface area contributed by atoms with Gasteiger partial charge in [-0.3, -0.25) is 4.79 Å². The molecule has 0 bridgehead atoms. The van der Waals surface area contributed by atoms with Crippen molar-refractivity contribution in [3.63, 3.8) is 0 Å². The molecule has 0 aromatic carbocycles. The van der Waals surface area contributed by atoms with Gasteiger partial charge in [0.2, 0.25) is 0 Å². The Balaban J connectivity index is 4.43. The number of carboxylic acids is 1. The van der Waals surface area contributed by atoms with E-state index in [0.29, 0.717) is 13.0 Å². The second-order valence-corrected chi connectivity index (χ2v) is 10.9. The van der Waals surface area contributed by atoms with Gasteiger partial charge in [-0.05, 0) is 24.6 Å². The molecular weight excluding hydrogens is 234 g/mol. The minimum absolute atomic E-state index is 0.123. The largest absolute Gasteiger partial charge is 0.481 e. The van der Waals surface area contributed by atoms with Gasteiger partial charge in [-0.2, -0.15) is 0 Å². The van der Waals surface area contributed by atoms with Crippen LogP contribution in [0.5, 0.6) is 0 Å². The van der Waals surface area contributed by atoms with Gasteiger partial charge in [0.05, 0.1) is 5.92 Å². The first-order valence-corrected chi connectivity index (χ1v) is 9.06. The van der Waals surface area contributed by atoms with Gasteiger partial charge in [0.15, 0.2) is 8.32 Å². The van der Waals surface area contributed by atoms with Gasteiger partial charge in [0.1, 0.15) is 0 Å².